The highest BCUT2D eigenvalue weighted by Gasteiger charge is 2.12. The Bertz CT molecular complexity index is 471. The number of likely N-dealkylation sites (N-methyl/N-ethyl adjacent to an activating group) is 1. The van der Waals surface area contributed by atoms with Gasteiger partial charge < -0.3 is 11.1 Å². The Kier molecular flexibility index (Phi) is 6.85. The van der Waals surface area contributed by atoms with Crippen molar-refractivity contribution in [3.8, 4) is 0 Å². The molecule has 1 amide bonds. The third-order valence-corrected chi connectivity index (χ3v) is 3.78. The van der Waals surface area contributed by atoms with Crippen molar-refractivity contribution in [3.63, 3.8) is 0 Å². The summed E-state index contributed by atoms with van der Waals surface area (Å²) in [6.07, 6.45) is 0.908. The maximum absolute atomic E-state index is 12.1. The van der Waals surface area contributed by atoms with Gasteiger partial charge in [0, 0.05) is 11.7 Å². The molecule has 4 heteroatoms. The number of nitrogens with zero attached hydrogens (tertiary/aromatic N) is 1. The number of benzene rings is 1. The van der Waals surface area contributed by atoms with Crippen LogP contribution in [0.15, 0.2) is 18.2 Å². The van der Waals surface area contributed by atoms with Crippen LogP contribution in [0.1, 0.15) is 31.4 Å². The molecule has 4 nitrogen and oxygen atoms in total. The fourth-order valence-electron chi connectivity index (χ4n) is 2.09. The van der Waals surface area contributed by atoms with Gasteiger partial charge in [0.2, 0.25) is 5.91 Å². The number of amides is 1. The van der Waals surface area contributed by atoms with Crippen LogP contribution in [0.3, 0.4) is 0 Å². The number of nitrogens with one attached hydrogen (secondary N) is 1. The molecule has 0 saturated heterocycles. The van der Waals surface area contributed by atoms with Crippen LogP contribution in [-0.2, 0) is 4.79 Å². The zero-order chi connectivity index (χ0) is 16.0. The van der Waals surface area contributed by atoms with Crippen LogP contribution in [0.4, 0.5) is 5.69 Å². The Morgan fingerprint density at radius 3 is 2.62 bits per heavy atom. The van der Waals surface area contributed by atoms with Gasteiger partial charge >= 0.3 is 0 Å². The maximum atomic E-state index is 12.1. The summed E-state index contributed by atoms with van der Waals surface area (Å²) in [5.41, 5.74) is 9.15. The summed E-state index contributed by atoms with van der Waals surface area (Å²) >= 11 is 0. The van der Waals surface area contributed by atoms with Crippen LogP contribution in [0, 0.1) is 19.8 Å². The summed E-state index contributed by atoms with van der Waals surface area (Å²) < 4.78 is 0. The van der Waals surface area contributed by atoms with Gasteiger partial charge in [-0.15, -0.1) is 0 Å². The molecule has 118 valence electrons. The molecule has 0 spiro atoms. The molecule has 0 aliphatic rings. The van der Waals surface area contributed by atoms with E-state index >= 15 is 0 Å². The highest BCUT2D eigenvalue weighted by atomic mass is 16.2. The minimum Gasteiger partial charge on any atom is -0.327 e. The monoisotopic (exact) mass is 291 g/mol. The first-order valence-corrected chi connectivity index (χ1v) is 7.60. The molecule has 0 aliphatic heterocycles. The van der Waals surface area contributed by atoms with Gasteiger partial charge in [-0.1, -0.05) is 26.0 Å². The number of nitrogens with two attached hydrogens (primary N) is 1. The number of rotatable bonds is 7. The lowest BCUT2D eigenvalue weighted by Gasteiger charge is -2.21. The molecular formula is C17H29N3O. The minimum atomic E-state index is 0.0179. The lowest BCUT2D eigenvalue weighted by Crippen LogP contribution is -2.35. The van der Waals surface area contributed by atoms with E-state index in [1.165, 1.54) is 0 Å². The van der Waals surface area contributed by atoms with E-state index in [-0.39, 0.29) is 11.9 Å². The summed E-state index contributed by atoms with van der Waals surface area (Å²) in [7, 11) is 1.95. The van der Waals surface area contributed by atoms with E-state index in [9.17, 15) is 4.79 Å². The fourth-order valence-corrected chi connectivity index (χ4v) is 2.09. The molecule has 1 aromatic carbocycles. The number of aryl methyl sites for hydroxylation is 2. The predicted molar refractivity (Wildman–Crippen MR) is 89.5 cm³/mol. The molecule has 0 aliphatic carbocycles. The van der Waals surface area contributed by atoms with E-state index in [1.54, 1.807) is 0 Å². The third-order valence-electron chi connectivity index (χ3n) is 3.78. The lowest BCUT2D eigenvalue weighted by atomic mass is 10.0. The quantitative estimate of drug-likeness (QED) is 0.811. The topological polar surface area (TPSA) is 58.4 Å². The first-order valence-electron chi connectivity index (χ1n) is 7.60. The normalized spacial score (nSPS) is 12.8. The molecule has 3 N–H and O–H groups in total. The average Bonchev–Trinajstić information content (AvgIpc) is 2.39. The second kappa shape index (κ2) is 8.15. The van der Waals surface area contributed by atoms with Crippen molar-refractivity contribution in [2.24, 2.45) is 11.7 Å². The van der Waals surface area contributed by atoms with Gasteiger partial charge in [0.25, 0.3) is 0 Å². The fraction of sp³-hybridized carbons (Fsp3) is 0.588. The van der Waals surface area contributed by atoms with E-state index in [4.69, 9.17) is 5.73 Å². The number of hydrogen-bond donors (Lipinski definition) is 2. The standard InChI is InChI=1S/C17H29N3O/c1-12(2)15(18)8-9-20(5)11-17(21)19-16-10-13(3)6-7-14(16)4/h6-7,10,12,15H,8-9,11,18H2,1-5H3,(H,19,21). The largest absolute Gasteiger partial charge is 0.327 e. The lowest BCUT2D eigenvalue weighted by molar-refractivity contribution is -0.117. The van der Waals surface area contributed by atoms with Gasteiger partial charge in [-0.2, -0.15) is 0 Å². The molecule has 0 fully saturated rings. The van der Waals surface area contributed by atoms with Crippen molar-refractivity contribution in [2.75, 3.05) is 25.5 Å². The maximum Gasteiger partial charge on any atom is 0.238 e. The highest BCUT2D eigenvalue weighted by Crippen LogP contribution is 2.16. The highest BCUT2D eigenvalue weighted by molar-refractivity contribution is 5.93. The molecular weight excluding hydrogens is 262 g/mol. The van der Waals surface area contributed by atoms with E-state index in [0.29, 0.717) is 12.5 Å². The van der Waals surface area contributed by atoms with Crippen LogP contribution in [0.25, 0.3) is 0 Å². The summed E-state index contributed by atoms with van der Waals surface area (Å²) in [5, 5.41) is 2.98. The van der Waals surface area contributed by atoms with Crippen molar-refractivity contribution in [2.45, 2.75) is 40.2 Å². The van der Waals surface area contributed by atoms with Crippen molar-refractivity contribution >= 4 is 11.6 Å². The van der Waals surface area contributed by atoms with Gasteiger partial charge in [0.05, 0.1) is 6.54 Å². The van der Waals surface area contributed by atoms with Crippen LogP contribution >= 0.6 is 0 Å². The minimum absolute atomic E-state index is 0.0179. The summed E-state index contributed by atoms with van der Waals surface area (Å²) in [6, 6.07) is 6.26. The molecule has 0 aromatic heterocycles. The predicted octanol–water partition coefficient (Wildman–Crippen LogP) is 2.55. The van der Waals surface area contributed by atoms with Gasteiger partial charge in [-0.05, 0) is 57.0 Å². The average molecular weight is 291 g/mol. The molecule has 1 aromatic rings. The van der Waals surface area contributed by atoms with E-state index in [2.05, 4.69) is 19.2 Å². The second-order valence-corrected chi connectivity index (χ2v) is 6.30. The van der Waals surface area contributed by atoms with E-state index in [1.807, 2.05) is 44.0 Å². The molecule has 1 rings (SSSR count). The van der Waals surface area contributed by atoms with Crippen molar-refractivity contribution in [1.29, 1.82) is 0 Å². The zero-order valence-electron chi connectivity index (χ0n) is 13.9. The Labute approximate surface area is 128 Å². The number of hydrogen-bond acceptors (Lipinski definition) is 3. The Morgan fingerprint density at radius 1 is 1.33 bits per heavy atom. The van der Waals surface area contributed by atoms with Gasteiger partial charge in [-0.3, -0.25) is 9.69 Å². The molecule has 1 atom stereocenters. The number of anilines is 1. The van der Waals surface area contributed by atoms with Crippen LogP contribution in [-0.4, -0.2) is 37.0 Å². The molecule has 21 heavy (non-hydrogen) atoms. The van der Waals surface area contributed by atoms with Gasteiger partial charge in [-0.25, -0.2) is 0 Å². The molecule has 0 radical (unpaired) electrons. The molecule has 1 unspecified atom stereocenters. The number of carbonyl (C=O) groups is 1. The summed E-state index contributed by atoms with van der Waals surface area (Å²) in [6.45, 7) is 9.49. The Morgan fingerprint density at radius 2 is 2.00 bits per heavy atom. The van der Waals surface area contributed by atoms with E-state index in [0.717, 1.165) is 29.8 Å². The van der Waals surface area contributed by atoms with Crippen LogP contribution in [0.2, 0.25) is 0 Å². The zero-order valence-corrected chi connectivity index (χ0v) is 13.9. The SMILES string of the molecule is Cc1ccc(C)c(NC(=O)CN(C)CCC(N)C(C)C)c1. The van der Waals surface area contributed by atoms with Crippen molar-refractivity contribution < 1.29 is 4.79 Å². The molecule has 0 heterocycles. The number of carbonyl (C=O) groups excluding carboxylic acids is 1. The summed E-state index contributed by atoms with van der Waals surface area (Å²) in [4.78, 5) is 14.1. The Balaban J connectivity index is 2.44. The first-order chi connectivity index (χ1) is 9.79. The second-order valence-electron chi connectivity index (χ2n) is 6.30. The van der Waals surface area contributed by atoms with E-state index < -0.39 is 0 Å². The third kappa shape index (κ3) is 6.27. The van der Waals surface area contributed by atoms with Crippen molar-refractivity contribution in [1.82, 2.24) is 4.90 Å². The van der Waals surface area contributed by atoms with Gasteiger partial charge in [0.1, 0.15) is 0 Å². The molecule has 0 saturated carbocycles. The smallest absolute Gasteiger partial charge is 0.238 e. The van der Waals surface area contributed by atoms with Crippen LogP contribution in [0.5, 0.6) is 0 Å². The summed E-state index contributed by atoms with van der Waals surface area (Å²) in [5.74, 6) is 0.492. The van der Waals surface area contributed by atoms with Crippen LogP contribution < -0.4 is 11.1 Å². The van der Waals surface area contributed by atoms with Gasteiger partial charge in [0.15, 0.2) is 0 Å². The Hall–Kier alpha value is -1.39. The molecule has 0 bridgehead atoms. The first kappa shape index (κ1) is 17.7. The van der Waals surface area contributed by atoms with Crippen molar-refractivity contribution in [3.05, 3.63) is 29.3 Å².